The topological polar surface area (TPSA) is 9.23 Å². The van der Waals surface area contributed by atoms with Crippen LogP contribution in [0.15, 0.2) is 0 Å². The quantitative estimate of drug-likeness (QED) is 0.357. The zero-order chi connectivity index (χ0) is 15.5. The Hall–Kier alpha value is 0.310. The minimum atomic E-state index is 0.532. The first-order valence-corrected chi connectivity index (χ1v) is 10.0. The van der Waals surface area contributed by atoms with Crippen LogP contribution in [-0.2, 0) is 4.74 Å². The molecule has 0 aromatic rings. The fourth-order valence-corrected chi connectivity index (χ4v) is 3.86. The van der Waals surface area contributed by atoms with Gasteiger partial charge < -0.3 is 4.74 Å². The molecule has 0 bridgehead atoms. The highest BCUT2D eigenvalue weighted by Crippen LogP contribution is 2.35. The summed E-state index contributed by atoms with van der Waals surface area (Å²) in [6.45, 7) is 8.10. The van der Waals surface area contributed by atoms with Crippen LogP contribution in [0.4, 0.5) is 0 Å². The van der Waals surface area contributed by atoms with E-state index in [1.165, 1.54) is 64.2 Å². The van der Waals surface area contributed by atoms with Crippen LogP contribution in [0.2, 0.25) is 0 Å². The number of unbranched alkanes of at least 4 members (excludes halogenated alkanes) is 6. The summed E-state index contributed by atoms with van der Waals surface area (Å²) in [5, 5.41) is 0. The van der Waals surface area contributed by atoms with E-state index in [2.05, 4.69) is 33.4 Å². The van der Waals surface area contributed by atoms with Gasteiger partial charge in [0, 0.05) is 6.61 Å². The van der Waals surface area contributed by atoms with Crippen LogP contribution in [0.3, 0.4) is 0 Å². The maximum Gasteiger partial charge on any atom is 0.0608 e. The summed E-state index contributed by atoms with van der Waals surface area (Å²) >= 11 is 4.25. The molecule has 0 amide bonds. The van der Waals surface area contributed by atoms with Crippen molar-refractivity contribution in [2.45, 2.75) is 91.1 Å². The third-order valence-corrected chi connectivity index (χ3v) is 5.41. The van der Waals surface area contributed by atoms with E-state index in [1.807, 2.05) is 0 Å². The molecule has 3 atom stereocenters. The first-order chi connectivity index (χ1) is 10.1. The van der Waals surface area contributed by atoms with E-state index in [0.717, 1.165) is 30.1 Å². The van der Waals surface area contributed by atoms with Gasteiger partial charge in [0.25, 0.3) is 0 Å². The Bertz CT molecular complexity index is 242. The van der Waals surface area contributed by atoms with Crippen LogP contribution in [0.25, 0.3) is 0 Å². The summed E-state index contributed by atoms with van der Waals surface area (Å²) in [4.78, 5) is 0. The lowest BCUT2D eigenvalue weighted by atomic mass is 9.75. The molecule has 0 N–H and O–H groups in total. The molecule has 1 rings (SSSR count). The van der Waals surface area contributed by atoms with Gasteiger partial charge in [-0.25, -0.2) is 0 Å². The van der Waals surface area contributed by atoms with Gasteiger partial charge >= 0.3 is 0 Å². The van der Waals surface area contributed by atoms with Gasteiger partial charge in [-0.2, -0.15) is 12.6 Å². The van der Waals surface area contributed by atoms with Crippen LogP contribution in [0.5, 0.6) is 0 Å². The highest BCUT2D eigenvalue weighted by atomic mass is 32.1. The van der Waals surface area contributed by atoms with Crippen molar-refractivity contribution in [1.29, 1.82) is 0 Å². The van der Waals surface area contributed by atoms with Crippen molar-refractivity contribution in [2.75, 3.05) is 12.4 Å². The van der Waals surface area contributed by atoms with Gasteiger partial charge in [-0.3, -0.25) is 0 Å². The summed E-state index contributed by atoms with van der Waals surface area (Å²) < 4.78 is 6.26. The zero-order valence-electron chi connectivity index (χ0n) is 14.7. The summed E-state index contributed by atoms with van der Waals surface area (Å²) in [6.07, 6.45) is 14.0. The number of ether oxygens (including phenoxy) is 1. The second-order valence-electron chi connectivity index (χ2n) is 7.43. The van der Waals surface area contributed by atoms with Crippen LogP contribution < -0.4 is 0 Å². The van der Waals surface area contributed by atoms with Gasteiger partial charge in [0.2, 0.25) is 0 Å². The summed E-state index contributed by atoms with van der Waals surface area (Å²) in [7, 11) is 0. The predicted octanol–water partition coefficient (Wildman–Crippen LogP) is 6.12. The van der Waals surface area contributed by atoms with E-state index >= 15 is 0 Å². The average Bonchev–Trinajstić information content (AvgIpc) is 2.45. The molecule has 0 heterocycles. The maximum absolute atomic E-state index is 6.26. The molecule has 0 spiro atoms. The average molecular weight is 315 g/mol. The first-order valence-electron chi connectivity index (χ1n) is 9.37. The molecule has 1 saturated carbocycles. The van der Waals surface area contributed by atoms with E-state index in [4.69, 9.17) is 4.74 Å². The molecule has 126 valence electrons. The predicted molar refractivity (Wildman–Crippen MR) is 97.3 cm³/mol. The fraction of sp³-hybridized carbons (Fsp3) is 1.00. The van der Waals surface area contributed by atoms with Crippen molar-refractivity contribution >= 4 is 12.6 Å². The van der Waals surface area contributed by atoms with Crippen molar-refractivity contribution in [3.05, 3.63) is 0 Å². The lowest BCUT2D eigenvalue weighted by Crippen LogP contribution is -2.34. The Labute approximate surface area is 139 Å². The number of rotatable bonds is 11. The lowest BCUT2D eigenvalue weighted by Gasteiger charge is -2.37. The minimum Gasteiger partial charge on any atom is -0.378 e. The highest BCUT2D eigenvalue weighted by Gasteiger charge is 2.31. The standard InChI is InChI=1S/C19H38OS/c1-16(2)18-12-11-17(3)15-19(18)20-13-9-7-5-4-6-8-10-14-21/h16-19,21H,4-15H2,1-3H3. The Morgan fingerprint density at radius 1 is 0.952 bits per heavy atom. The van der Waals surface area contributed by atoms with Gasteiger partial charge in [0.1, 0.15) is 0 Å². The molecule has 1 aliphatic carbocycles. The van der Waals surface area contributed by atoms with Crippen molar-refractivity contribution < 1.29 is 4.74 Å². The second-order valence-corrected chi connectivity index (χ2v) is 7.88. The largest absolute Gasteiger partial charge is 0.378 e. The van der Waals surface area contributed by atoms with E-state index in [-0.39, 0.29) is 0 Å². The molecule has 21 heavy (non-hydrogen) atoms. The van der Waals surface area contributed by atoms with Crippen molar-refractivity contribution in [3.63, 3.8) is 0 Å². The third-order valence-electron chi connectivity index (χ3n) is 5.10. The van der Waals surface area contributed by atoms with E-state index in [0.29, 0.717) is 6.10 Å². The molecule has 1 fully saturated rings. The molecule has 2 heteroatoms. The zero-order valence-corrected chi connectivity index (χ0v) is 15.5. The smallest absolute Gasteiger partial charge is 0.0608 e. The molecule has 0 radical (unpaired) electrons. The molecular weight excluding hydrogens is 276 g/mol. The number of hydrogen-bond acceptors (Lipinski definition) is 2. The molecular formula is C19H38OS. The number of hydrogen-bond donors (Lipinski definition) is 1. The van der Waals surface area contributed by atoms with Crippen LogP contribution in [0.1, 0.15) is 85.0 Å². The van der Waals surface area contributed by atoms with Crippen LogP contribution in [0, 0.1) is 17.8 Å². The van der Waals surface area contributed by atoms with Gasteiger partial charge in [0.15, 0.2) is 0 Å². The molecule has 0 aromatic carbocycles. The van der Waals surface area contributed by atoms with Crippen molar-refractivity contribution in [3.8, 4) is 0 Å². The van der Waals surface area contributed by atoms with Crippen molar-refractivity contribution in [1.82, 2.24) is 0 Å². The summed E-state index contributed by atoms with van der Waals surface area (Å²) in [5.74, 6) is 3.47. The molecule has 0 aliphatic heterocycles. The van der Waals surface area contributed by atoms with Gasteiger partial charge in [0.05, 0.1) is 6.10 Å². The van der Waals surface area contributed by atoms with E-state index in [9.17, 15) is 0 Å². The summed E-state index contributed by atoms with van der Waals surface area (Å²) in [5.41, 5.74) is 0. The first kappa shape index (κ1) is 19.4. The summed E-state index contributed by atoms with van der Waals surface area (Å²) in [6, 6.07) is 0. The third kappa shape index (κ3) is 8.50. The van der Waals surface area contributed by atoms with Gasteiger partial charge in [-0.05, 0) is 49.2 Å². The monoisotopic (exact) mass is 314 g/mol. The lowest BCUT2D eigenvalue weighted by molar-refractivity contribution is -0.0394. The fourth-order valence-electron chi connectivity index (χ4n) is 3.64. The van der Waals surface area contributed by atoms with E-state index < -0.39 is 0 Å². The Morgan fingerprint density at radius 2 is 1.57 bits per heavy atom. The van der Waals surface area contributed by atoms with Crippen LogP contribution in [-0.4, -0.2) is 18.5 Å². The van der Waals surface area contributed by atoms with E-state index in [1.54, 1.807) is 0 Å². The Kier molecular flexibility index (Phi) is 10.9. The second kappa shape index (κ2) is 11.8. The number of thiol groups is 1. The molecule has 0 saturated heterocycles. The SMILES string of the molecule is CC1CCC(C(C)C)C(OCCCCCCCCCS)C1. The van der Waals surface area contributed by atoms with Gasteiger partial charge in [-0.15, -0.1) is 0 Å². The molecule has 1 nitrogen and oxygen atoms in total. The minimum absolute atomic E-state index is 0.532. The van der Waals surface area contributed by atoms with Crippen LogP contribution >= 0.6 is 12.6 Å². The molecule has 1 aliphatic rings. The molecule has 0 aromatic heterocycles. The Morgan fingerprint density at radius 3 is 2.19 bits per heavy atom. The molecule has 3 unspecified atom stereocenters. The van der Waals surface area contributed by atoms with Crippen molar-refractivity contribution in [2.24, 2.45) is 17.8 Å². The van der Waals surface area contributed by atoms with Gasteiger partial charge in [-0.1, -0.05) is 59.3 Å². The highest BCUT2D eigenvalue weighted by molar-refractivity contribution is 7.80. The Balaban J connectivity index is 2.04. The normalized spacial score (nSPS) is 26.4. The maximum atomic E-state index is 6.26.